The number of carbonyl (C=O) groups is 4. The van der Waals surface area contributed by atoms with Gasteiger partial charge in [-0.15, -0.1) is 0 Å². The van der Waals surface area contributed by atoms with Crippen molar-refractivity contribution >= 4 is 23.7 Å². The Kier molecular flexibility index (Phi) is 11.1. The van der Waals surface area contributed by atoms with Crippen LogP contribution in [-0.2, 0) is 33.4 Å². The van der Waals surface area contributed by atoms with Crippen molar-refractivity contribution in [3.8, 4) is 0 Å². The van der Waals surface area contributed by atoms with E-state index in [-0.39, 0.29) is 0 Å². The molecule has 17 nitrogen and oxygen atoms in total. The van der Waals surface area contributed by atoms with Gasteiger partial charge in [0.05, 0.1) is 19.6 Å². The van der Waals surface area contributed by atoms with Crippen LogP contribution in [0, 0.1) is 0 Å². The fourth-order valence-corrected chi connectivity index (χ4v) is 4.03. The Balaban J connectivity index is 2.29. The Labute approximate surface area is 210 Å². The highest BCUT2D eigenvalue weighted by atomic mass is 16.7. The Morgan fingerprint density at radius 1 is 0.865 bits per heavy atom. The van der Waals surface area contributed by atoms with Crippen LogP contribution in [0.25, 0.3) is 0 Å². The second-order valence-electron chi connectivity index (χ2n) is 8.74. The highest BCUT2D eigenvalue weighted by molar-refractivity contribution is 5.84. The smallest absolute Gasteiger partial charge is 0.321 e. The minimum atomic E-state index is -1.70. The van der Waals surface area contributed by atoms with Crippen LogP contribution < -0.4 is 21.7 Å². The molecule has 2 heterocycles. The van der Waals surface area contributed by atoms with Crippen molar-refractivity contribution in [1.82, 2.24) is 16.0 Å². The van der Waals surface area contributed by atoms with E-state index in [1.165, 1.54) is 0 Å². The third-order valence-corrected chi connectivity index (χ3v) is 5.84. The normalized spacial score (nSPS) is 36.8. The molecule has 0 aromatic rings. The molecular formula is C20H34N4O13. The summed E-state index contributed by atoms with van der Waals surface area (Å²) in [6.45, 7) is 0.709. The predicted molar refractivity (Wildman–Crippen MR) is 118 cm³/mol. The molecule has 2 rings (SSSR count). The number of hydrogen-bond acceptors (Lipinski definition) is 13. The van der Waals surface area contributed by atoms with E-state index in [1.54, 1.807) is 0 Å². The summed E-state index contributed by atoms with van der Waals surface area (Å²) < 4.78 is 16.9. The Morgan fingerprint density at radius 3 is 1.95 bits per heavy atom. The molecule has 0 bridgehead atoms. The number of aliphatic hydroxyl groups excluding tert-OH is 5. The molecule has 212 valence electrons. The maximum atomic E-state index is 12.3. The van der Waals surface area contributed by atoms with Crippen molar-refractivity contribution in [2.45, 2.75) is 87.5 Å². The van der Waals surface area contributed by atoms with Crippen molar-refractivity contribution in [3.63, 3.8) is 0 Å². The number of carboxylic acid groups (broad SMARTS) is 1. The Bertz CT molecular complexity index is 832. The Morgan fingerprint density at radius 2 is 1.43 bits per heavy atom. The van der Waals surface area contributed by atoms with Gasteiger partial charge < -0.3 is 66.5 Å². The first-order valence-corrected chi connectivity index (χ1v) is 11.3. The molecule has 11 N–H and O–H groups in total. The summed E-state index contributed by atoms with van der Waals surface area (Å²) in [7, 11) is 0. The van der Waals surface area contributed by atoms with Crippen LogP contribution in [-0.4, -0.2) is 135 Å². The fourth-order valence-electron chi connectivity index (χ4n) is 4.03. The molecule has 17 heteroatoms. The van der Waals surface area contributed by atoms with Crippen molar-refractivity contribution in [3.05, 3.63) is 0 Å². The highest BCUT2D eigenvalue weighted by Gasteiger charge is 2.51. The number of hydrogen-bond donors (Lipinski definition) is 10. The molecule has 2 aliphatic rings. The van der Waals surface area contributed by atoms with Crippen molar-refractivity contribution < 1.29 is 64.0 Å². The van der Waals surface area contributed by atoms with Gasteiger partial charge in [0, 0.05) is 13.8 Å². The maximum absolute atomic E-state index is 12.3. The van der Waals surface area contributed by atoms with E-state index in [4.69, 9.17) is 25.1 Å². The second kappa shape index (κ2) is 13.4. The van der Waals surface area contributed by atoms with Crippen LogP contribution >= 0.6 is 0 Å². The number of amides is 3. The number of aliphatic carboxylic acids is 1. The molecule has 0 aromatic heterocycles. The lowest BCUT2D eigenvalue weighted by molar-refractivity contribution is -0.315. The maximum Gasteiger partial charge on any atom is 0.321 e. The molecule has 7 unspecified atom stereocenters. The quantitative estimate of drug-likeness (QED) is 0.124. The van der Waals surface area contributed by atoms with Gasteiger partial charge in [-0.25, -0.2) is 0 Å². The van der Waals surface area contributed by atoms with Crippen LogP contribution in [0.15, 0.2) is 0 Å². The predicted octanol–water partition coefficient (Wildman–Crippen LogP) is -6.18. The lowest BCUT2D eigenvalue weighted by atomic mass is 9.94. The average Bonchev–Trinajstić information content (AvgIpc) is 2.81. The zero-order valence-electron chi connectivity index (χ0n) is 20.1. The van der Waals surface area contributed by atoms with Gasteiger partial charge in [-0.1, -0.05) is 0 Å². The van der Waals surface area contributed by atoms with Gasteiger partial charge in [-0.3, -0.25) is 19.2 Å². The zero-order valence-corrected chi connectivity index (χ0v) is 20.1. The first-order chi connectivity index (χ1) is 17.3. The third-order valence-electron chi connectivity index (χ3n) is 5.84. The fraction of sp³-hybridized carbons (Fsp3) is 0.800. The molecular weight excluding hydrogens is 504 g/mol. The minimum Gasteiger partial charge on any atom is -0.480 e. The number of aliphatic hydroxyl groups is 5. The summed E-state index contributed by atoms with van der Waals surface area (Å²) >= 11 is 0. The first kappa shape index (κ1) is 30.7. The SMILES string of the molecule is CC(=O)NC1C(O)[C@H](O)C(CO)O[C@H]1O[C@@H]1C(CO)O[C@@H](NC(=O)CC(N)C(=O)O)C(NC(C)=O)C1O. The van der Waals surface area contributed by atoms with Gasteiger partial charge in [0.15, 0.2) is 12.5 Å². The third kappa shape index (κ3) is 7.76. The average molecular weight is 539 g/mol. The van der Waals surface area contributed by atoms with Gasteiger partial charge in [0.1, 0.15) is 54.7 Å². The summed E-state index contributed by atoms with van der Waals surface area (Å²) in [5.74, 6) is -3.61. The number of carboxylic acids is 1. The summed E-state index contributed by atoms with van der Waals surface area (Å²) in [6, 6.07) is -4.30. The minimum absolute atomic E-state index is 0.631. The summed E-state index contributed by atoms with van der Waals surface area (Å²) in [4.78, 5) is 46.7. The number of carbonyl (C=O) groups excluding carboxylic acids is 3. The van der Waals surface area contributed by atoms with Gasteiger partial charge in [-0.05, 0) is 0 Å². The van der Waals surface area contributed by atoms with Crippen molar-refractivity contribution in [2.75, 3.05) is 13.2 Å². The number of nitrogens with two attached hydrogens (primary N) is 1. The molecule has 11 atom stereocenters. The van der Waals surface area contributed by atoms with Crippen molar-refractivity contribution in [2.24, 2.45) is 5.73 Å². The van der Waals surface area contributed by atoms with Gasteiger partial charge in [-0.2, -0.15) is 0 Å². The van der Waals surface area contributed by atoms with E-state index >= 15 is 0 Å². The van der Waals surface area contributed by atoms with E-state index < -0.39 is 111 Å². The standard InChI is InChI=1S/C20H34N4O13/c1-6(27)22-12-16(32)17(10(5-26)35-18(12)24-11(29)3-8(21)19(33)34)37-20-13(23-7(2)28)15(31)14(30)9(4-25)36-20/h8-10,12-18,20,25-26,30-32H,3-5,21H2,1-2H3,(H,22,27)(H,23,28)(H,24,29)(H,33,34)/t8?,9?,10?,12?,13?,14-,15?,16?,17-,18-,20+/m1/s1. The molecule has 2 saturated heterocycles. The topological polar surface area (TPSA) is 279 Å². The molecule has 0 spiro atoms. The van der Waals surface area contributed by atoms with Gasteiger partial charge in [0.25, 0.3) is 0 Å². The molecule has 2 aliphatic heterocycles. The van der Waals surface area contributed by atoms with E-state index in [1.807, 2.05) is 0 Å². The van der Waals surface area contributed by atoms with E-state index in [9.17, 15) is 44.7 Å². The van der Waals surface area contributed by atoms with Crippen LogP contribution in [0.1, 0.15) is 20.3 Å². The van der Waals surface area contributed by atoms with E-state index in [0.29, 0.717) is 0 Å². The van der Waals surface area contributed by atoms with Crippen LogP contribution in [0.5, 0.6) is 0 Å². The molecule has 0 aromatic carbocycles. The van der Waals surface area contributed by atoms with E-state index in [2.05, 4.69) is 16.0 Å². The van der Waals surface area contributed by atoms with Gasteiger partial charge >= 0.3 is 5.97 Å². The van der Waals surface area contributed by atoms with Crippen LogP contribution in [0.2, 0.25) is 0 Å². The van der Waals surface area contributed by atoms with Gasteiger partial charge in [0.2, 0.25) is 17.7 Å². The largest absolute Gasteiger partial charge is 0.480 e. The van der Waals surface area contributed by atoms with Crippen LogP contribution in [0.3, 0.4) is 0 Å². The zero-order chi connectivity index (χ0) is 28.0. The molecule has 2 fully saturated rings. The summed E-state index contributed by atoms with van der Waals surface area (Å²) in [5.41, 5.74) is 5.36. The second-order valence-corrected chi connectivity index (χ2v) is 8.74. The molecule has 0 saturated carbocycles. The molecule has 3 amide bonds. The lowest BCUT2D eigenvalue weighted by Crippen LogP contribution is -2.71. The summed E-state index contributed by atoms with van der Waals surface area (Å²) in [5, 5.41) is 67.0. The van der Waals surface area contributed by atoms with Crippen molar-refractivity contribution in [1.29, 1.82) is 0 Å². The number of nitrogens with one attached hydrogen (secondary N) is 3. The first-order valence-electron chi connectivity index (χ1n) is 11.3. The Hall–Kier alpha value is -2.48. The van der Waals surface area contributed by atoms with E-state index in [0.717, 1.165) is 13.8 Å². The highest BCUT2D eigenvalue weighted by Crippen LogP contribution is 2.29. The number of rotatable bonds is 10. The van der Waals surface area contributed by atoms with Crippen LogP contribution in [0.4, 0.5) is 0 Å². The molecule has 0 radical (unpaired) electrons. The summed E-state index contributed by atoms with van der Waals surface area (Å²) in [6.07, 6.45) is -12.9. The molecule has 0 aliphatic carbocycles. The lowest BCUT2D eigenvalue weighted by Gasteiger charge is -2.48. The number of ether oxygens (including phenoxy) is 3. The molecule has 37 heavy (non-hydrogen) atoms. The monoisotopic (exact) mass is 538 g/mol.